The highest BCUT2D eigenvalue weighted by molar-refractivity contribution is 7.89. The number of aromatic nitrogens is 1. The maximum atomic E-state index is 15.1. The van der Waals surface area contributed by atoms with Gasteiger partial charge in [0.05, 0.1) is 0 Å². The molecule has 0 saturated carbocycles. The Balaban J connectivity index is 1.73. The van der Waals surface area contributed by atoms with Crippen LogP contribution in [0.3, 0.4) is 0 Å². The van der Waals surface area contributed by atoms with Gasteiger partial charge in [-0.1, -0.05) is 6.92 Å². The van der Waals surface area contributed by atoms with E-state index in [0.29, 0.717) is 18.7 Å². The Kier molecular flexibility index (Phi) is 8.38. The summed E-state index contributed by atoms with van der Waals surface area (Å²) in [6.45, 7) is 1.95. The summed E-state index contributed by atoms with van der Waals surface area (Å²) in [5, 5.41) is 16.8. The fourth-order valence-corrected chi connectivity index (χ4v) is 5.36. The van der Waals surface area contributed by atoms with E-state index in [1.807, 2.05) is 5.32 Å². The van der Waals surface area contributed by atoms with Crippen molar-refractivity contribution in [3.05, 3.63) is 47.3 Å². The summed E-state index contributed by atoms with van der Waals surface area (Å²) in [5.41, 5.74) is -1.22. The van der Waals surface area contributed by atoms with Crippen LogP contribution in [-0.2, 0) is 21.9 Å². The van der Waals surface area contributed by atoms with Gasteiger partial charge in [0.2, 0.25) is 10.0 Å². The van der Waals surface area contributed by atoms with E-state index in [2.05, 4.69) is 10.6 Å². The van der Waals surface area contributed by atoms with Crippen molar-refractivity contribution in [2.45, 2.75) is 36.9 Å². The molecule has 1 fully saturated rings. The maximum absolute atomic E-state index is 15.1. The molecule has 2 heterocycles. The third-order valence-electron chi connectivity index (χ3n) is 5.61. The van der Waals surface area contributed by atoms with E-state index in [9.17, 15) is 36.3 Å². The Labute approximate surface area is 204 Å². The van der Waals surface area contributed by atoms with Gasteiger partial charge in [-0.2, -0.15) is 4.31 Å². The number of carbonyl (C=O) groups excluding carboxylic acids is 2. The number of carbonyl (C=O) groups is 2. The molecular weight excluding hydrogens is 510 g/mol. The second-order valence-corrected chi connectivity index (χ2v) is 10.0. The number of hydrogen-bond acceptors (Lipinski definition) is 6. The number of nitrogens with one attached hydrogen (secondary N) is 3. The van der Waals surface area contributed by atoms with E-state index in [-0.39, 0.29) is 25.9 Å². The van der Waals surface area contributed by atoms with Crippen molar-refractivity contribution >= 4 is 27.5 Å². The second-order valence-electron chi connectivity index (χ2n) is 8.12. The lowest BCUT2D eigenvalue weighted by molar-refractivity contribution is -0.131. The first-order valence-corrected chi connectivity index (χ1v) is 12.3. The van der Waals surface area contributed by atoms with Gasteiger partial charge in [-0.3, -0.25) is 14.9 Å². The van der Waals surface area contributed by atoms with Crippen molar-refractivity contribution in [1.29, 1.82) is 0 Å². The van der Waals surface area contributed by atoms with Crippen LogP contribution in [0.15, 0.2) is 23.2 Å². The third kappa shape index (κ3) is 5.69. The molecule has 2 amide bonds. The topological polar surface area (TPSA) is 133 Å². The van der Waals surface area contributed by atoms with Crippen LogP contribution in [-0.4, -0.2) is 66.1 Å². The predicted octanol–water partition coefficient (Wildman–Crippen LogP) is 1.03. The summed E-state index contributed by atoms with van der Waals surface area (Å²) in [7, 11) is -3.17. The number of aliphatic hydroxyl groups is 1. The zero-order valence-electron chi connectivity index (χ0n) is 19.3. The molecule has 1 aliphatic heterocycles. The fraction of sp³-hybridized carbons (Fsp3) is 0.429. The number of hydrogen-bond donors (Lipinski definition) is 4. The number of halogens is 4. The highest BCUT2D eigenvalue weighted by Crippen LogP contribution is 2.27. The van der Waals surface area contributed by atoms with Crippen molar-refractivity contribution in [3.8, 4) is 0 Å². The lowest BCUT2D eigenvalue weighted by Gasteiger charge is -2.31. The van der Waals surface area contributed by atoms with E-state index in [0.717, 1.165) is 15.1 Å². The number of piperidine rings is 1. The molecule has 0 spiro atoms. The van der Waals surface area contributed by atoms with Gasteiger partial charge in [0.15, 0.2) is 29.5 Å². The Hall–Kier alpha value is -3.01. The SMILES string of the molecule is CCNC(O)C(=O)NC1CCN(S(=O)(=O)c2cn(C)c(C(=O)Nc3cc(F)c(F)c(F)c3)c2F)CC1. The van der Waals surface area contributed by atoms with E-state index < -0.39 is 73.7 Å². The quantitative estimate of drug-likeness (QED) is 0.227. The molecule has 0 radical (unpaired) electrons. The van der Waals surface area contributed by atoms with Crippen LogP contribution in [0.4, 0.5) is 23.2 Å². The van der Waals surface area contributed by atoms with E-state index in [1.54, 1.807) is 6.92 Å². The first kappa shape index (κ1) is 27.6. The summed E-state index contributed by atoms with van der Waals surface area (Å²) in [4.78, 5) is 23.7. The second kappa shape index (κ2) is 10.9. The minimum Gasteiger partial charge on any atom is -0.370 e. The largest absolute Gasteiger partial charge is 0.370 e. The van der Waals surface area contributed by atoms with Crippen LogP contribution in [0, 0.1) is 23.3 Å². The van der Waals surface area contributed by atoms with Crippen molar-refractivity contribution in [3.63, 3.8) is 0 Å². The average Bonchev–Trinajstić information content (AvgIpc) is 3.12. The molecule has 0 bridgehead atoms. The number of aliphatic hydroxyl groups excluding tert-OH is 1. The van der Waals surface area contributed by atoms with E-state index in [1.165, 1.54) is 7.05 Å². The molecule has 10 nitrogen and oxygen atoms in total. The molecular formula is C21H25F4N5O5S. The van der Waals surface area contributed by atoms with E-state index in [4.69, 9.17) is 0 Å². The normalized spacial score (nSPS) is 16.1. The number of benzene rings is 1. The molecule has 4 N–H and O–H groups in total. The van der Waals surface area contributed by atoms with Crippen molar-refractivity contribution in [2.75, 3.05) is 25.0 Å². The van der Waals surface area contributed by atoms with Gasteiger partial charge in [0.25, 0.3) is 11.8 Å². The Morgan fingerprint density at radius 2 is 1.69 bits per heavy atom. The summed E-state index contributed by atoms with van der Waals surface area (Å²) in [5.74, 6) is -8.12. The number of amides is 2. The van der Waals surface area contributed by atoms with Gasteiger partial charge in [0.1, 0.15) is 10.6 Å². The van der Waals surface area contributed by atoms with Crippen LogP contribution in [0.2, 0.25) is 0 Å². The Bertz CT molecular complexity index is 1240. The molecule has 1 atom stereocenters. The lowest BCUT2D eigenvalue weighted by Crippen LogP contribution is -2.51. The van der Waals surface area contributed by atoms with E-state index >= 15 is 4.39 Å². The van der Waals surface area contributed by atoms with Gasteiger partial charge in [-0.15, -0.1) is 0 Å². The number of sulfonamides is 1. The Morgan fingerprint density at radius 3 is 2.25 bits per heavy atom. The van der Waals surface area contributed by atoms with Gasteiger partial charge in [-0.25, -0.2) is 26.0 Å². The van der Waals surface area contributed by atoms with Crippen molar-refractivity contribution in [1.82, 2.24) is 19.5 Å². The van der Waals surface area contributed by atoms with Crippen LogP contribution in [0.5, 0.6) is 0 Å². The van der Waals surface area contributed by atoms with Gasteiger partial charge >= 0.3 is 0 Å². The average molecular weight is 536 g/mol. The lowest BCUT2D eigenvalue weighted by atomic mass is 10.1. The zero-order chi connectivity index (χ0) is 26.8. The number of nitrogens with zero attached hydrogens (tertiary/aromatic N) is 2. The summed E-state index contributed by atoms with van der Waals surface area (Å²) < 4.78 is 83.2. The van der Waals surface area contributed by atoms with Gasteiger partial charge in [0, 0.05) is 50.2 Å². The number of likely N-dealkylation sites (N-methyl/N-ethyl adjacent to an activating group) is 1. The molecule has 3 rings (SSSR count). The highest BCUT2D eigenvalue weighted by atomic mass is 32.2. The number of anilines is 1. The molecule has 1 aromatic carbocycles. The molecule has 1 unspecified atom stereocenters. The highest BCUT2D eigenvalue weighted by Gasteiger charge is 2.35. The number of aryl methyl sites for hydroxylation is 1. The smallest absolute Gasteiger partial charge is 0.275 e. The summed E-state index contributed by atoms with van der Waals surface area (Å²) in [6, 6.07) is 0.583. The zero-order valence-corrected chi connectivity index (χ0v) is 20.1. The molecule has 15 heteroatoms. The minimum absolute atomic E-state index is 0.0609. The van der Waals surface area contributed by atoms with Crippen LogP contribution in [0.25, 0.3) is 0 Å². The van der Waals surface area contributed by atoms with Gasteiger partial charge in [-0.05, 0) is 19.4 Å². The molecule has 36 heavy (non-hydrogen) atoms. The van der Waals surface area contributed by atoms with Gasteiger partial charge < -0.3 is 20.3 Å². The Morgan fingerprint density at radius 1 is 1.11 bits per heavy atom. The van der Waals surface area contributed by atoms with Crippen molar-refractivity contribution in [2.24, 2.45) is 7.05 Å². The first-order valence-electron chi connectivity index (χ1n) is 10.9. The fourth-order valence-electron chi connectivity index (χ4n) is 3.77. The maximum Gasteiger partial charge on any atom is 0.275 e. The summed E-state index contributed by atoms with van der Waals surface area (Å²) in [6.07, 6.45) is -0.102. The standard InChI is InChI=1S/C21H25F4N5O5S/c1-3-26-20(32)21(33)27-11-4-6-30(7-5-11)36(34,35)15-10-29(2)18(17(15)25)19(31)28-12-8-13(22)16(24)14(23)9-12/h8-11,20,26,32H,3-7H2,1-2H3,(H,27,33)(H,28,31). The molecule has 1 aromatic heterocycles. The minimum atomic E-state index is -4.38. The molecule has 2 aromatic rings. The molecule has 198 valence electrons. The molecule has 1 aliphatic rings. The van der Waals surface area contributed by atoms with Crippen LogP contribution >= 0.6 is 0 Å². The summed E-state index contributed by atoms with van der Waals surface area (Å²) >= 11 is 0. The number of rotatable bonds is 8. The van der Waals surface area contributed by atoms with Crippen LogP contribution in [0.1, 0.15) is 30.3 Å². The molecule has 1 saturated heterocycles. The third-order valence-corrected chi connectivity index (χ3v) is 7.49. The molecule has 0 aliphatic carbocycles. The van der Waals surface area contributed by atoms with Crippen LogP contribution < -0.4 is 16.0 Å². The predicted molar refractivity (Wildman–Crippen MR) is 119 cm³/mol. The monoisotopic (exact) mass is 535 g/mol. The first-order chi connectivity index (χ1) is 16.9. The van der Waals surface area contributed by atoms with Crippen molar-refractivity contribution < 1.29 is 40.7 Å².